The summed E-state index contributed by atoms with van der Waals surface area (Å²) < 4.78 is 21.7. The van der Waals surface area contributed by atoms with Gasteiger partial charge in [-0.3, -0.25) is 4.79 Å². The number of aromatic nitrogens is 2. The minimum absolute atomic E-state index is 0.139. The van der Waals surface area contributed by atoms with E-state index in [4.69, 9.17) is 4.74 Å². The lowest BCUT2D eigenvalue weighted by molar-refractivity contribution is -0.132. The van der Waals surface area contributed by atoms with Gasteiger partial charge in [0.25, 0.3) is 0 Å². The van der Waals surface area contributed by atoms with Crippen LogP contribution in [-0.2, 0) is 29.1 Å². The third kappa shape index (κ3) is 3.41. The Kier molecular flexibility index (Phi) is 4.66. The van der Waals surface area contributed by atoms with Crippen molar-refractivity contribution in [2.75, 3.05) is 13.1 Å². The lowest BCUT2D eigenvalue weighted by atomic mass is 10.0. The van der Waals surface area contributed by atoms with Crippen LogP contribution in [0, 0.1) is 12.7 Å². The van der Waals surface area contributed by atoms with E-state index in [9.17, 15) is 9.18 Å². The number of fused-ring (bicyclic) bond motifs is 1. The molecule has 0 bridgehead atoms. The van der Waals surface area contributed by atoms with Crippen molar-refractivity contribution in [2.24, 2.45) is 0 Å². The molecule has 1 unspecified atom stereocenters. The topological polar surface area (TPSA) is 47.4 Å². The molecule has 1 amide bonds. The number of hydrogen-bond donors (Lipinski definition) is 0. The summed E-state index contributed by atoms with van der Waals surface area (Å²) in [5, 5.41) is 0. The molecule has 1 aromatic heterocycles. The van der Waals surface area contributed by atoms with Crippen LogP contribution in [-0.4, -0.2) is 39.0 Å². The molecule has 0 aliphatic carbocycles. The molecule has 6 heteroatoms. The molecule has 154 valence electrons. The third-order valence-electron chi connectivity index (χ3n) is 6.30. The number of carbonyl (C=O) groups excluding carboxylic acids is 1. The average molecular weight is 405 g/mol. The maximum atomic E-state index is 13.3. The first-order valence-electron chi connectivity index (χ1n) is 10.3. The van der Waals surface area contributed by atoms with Gasteiger partial charge in [-0.1, -0.05) is 24.3 Å². The largest absolute Gasteiger partial charge is 0.363 e. The van der Waals surface area contributed by atoms with Crippen molar-refractivity contribution >= 4 is 5.91 Å². The summed E-state index contributed by atoms with van der Waals surface area (Å²) >= 11 is 0. The Morgan fingerprint density at radius 3 is 2.77 bits per heavy atom. The number of imidazole rings is 1. The van der Waals surface area contributed by atoms with Crippen LogP contribution < -0.4 is 0 Å². The second kappa shape index (κ2) is 7.36. The lowest BCUT2D eigenvalue weighted by Gasteiger charge is -2.35. The number of halogens is 1. The average Bonchev–Trinajstić information content (AvgIpc) is 3.35. The molecule has 3 aromatic rings. The van der Waals surface area contributed by atoms with Crippen molar-refractivity contribution < 1.29 is 13.9 Å². The van der Waals surface area contributed by atoms with E-state index < -0.39 is 5.60 Å². The zero-order valence-corrected chi connectivity index (χ0v) is 17.0. The minimum Gasteiger partial charge on any atom is -0.363 e. The smallest absolute Gasteiger partial charge is 0.227 e. The van der Waals surface area contributed by atoms with Gasteiger partial charge < -0.3 is 14.2 Å². The van der Waals surface area contributed by atoms with Crippen molar-refractivity contribution in [3.8, 4) is 11.3 Å². The highest BCUT2D eigenvalue weighted by atomic mass is 19.1. The minimum atomic E-state index is -0.399. The van der Waals surface area contributed by atoms with Gasteiger partial charge in [-0.15, -0.1) is 0 Å². The number of carbonyl (C=O) groups is 1. The van der Waals surface area contributed by atoms with Gasteiger partial charge >= 0.3 is 0 Å². The van der Waals surface area contributed by atoms with E-state index in [0.717, 1.165) is 34.6 Å². The highest BCUT2D eigenvalue weighted by Crippen LogP contribution is 2.35. The fourth-order valence-corrected chi connectivity index (χ4v) is 4.50. The highest BCUT2D eigenvalue weighted by Gasteiger charge is 2.44. The van der Waals surface area contributed by atoms with Gasteiger partial charge in [-0.2, -0.15) is 0 Å². The molecule has 30 heavy (non-hydrogen) atoms. The van der Waals surface area contributed by atoms with Crippen molar-refractivity contribution in [1.82, 2.24) is 14.5 Å². The fourth-order valence-electron chi connectivity index (χ4n) is 4.50. The van der Waals surface area contributed by atoms with Gasteiger partial charge in [0.1, 0.15) is 23.8 Å². The van der Waals surface area contributed by atoms with Crippen LogP contribution in [0.4, 0.5) is 4.39 Å². The maximum Gasteiger partial charge on any atom is 0.227 e. The lowest BCUT2D eigenvalue weighted by Crippen LogP contribution is -2.45. The van der Waals surface area contributed by atoms with Crippen molar-refractivity contribution in [2.45, 2.75) is 38.5 Å². The van der Waals surface area contributed by atoms with E-state index in [1.54, 1.807) is 12.1 Å². The Bertz CT molecular complexity index is 1090. The van der Waals surface area contributed by atoms with Crippen LogP contribution in [0.1, 0.15) is 23.4 Å². The molecule has 3 heterocycles. The summed E-state index contributed by atoms with van der Waals surface area (Å²) in [4.78, 5) is 19.3. The molecular formula is C24H24FN3O2. The Morgan fingerprint density at radius 1 is 1.17 bits per heavy atom. The molecule has 0 saturated carbocycles. The Balaban J connectivity index is 1.33. The van der Waals surface area contributed by atoms with Gasteiger partial charge in [0.2, 0.25) is 5.91 Å². The molecule has 1 fully saturated rings. The molecular weight excluding hydrogens is 381 g/mol. The molecule has 5 nitrogen and oxygen atoms in total. The monoisotopic (exact) mass is 405 g/mol. The van der Waals surface area contributed by atoms with Crippen molar-refractivity contribution in [1.29, 1.82) is 0 Å². The summed E-state index contributed by atoms with van der Waals surface area (Å²) in [6.45, 7) is 4.37. The zero-order chi connectivity index (χ0) is 20.7. The van der Waals surface area contributed by atoms with Gasteiger partial charge in [-0.05, 0) is 54.3 Å². The van der Waals surface area contributed by atoms with E-state index in [-0.39, 0.29) is 11.7 Å². The molecule has 5 rings (SSSR count). The fraction of sp³-hybridized carbons (Fsp3) is 0.333. The Morgan fingerprint density at radius 2 is 1.97 bits per heavy atom. The van der Waals surface area contributed by atoms with E-state index in [2.05, 4.69) is 9.55 Å². The molecule has 2 aromatic carbocycles. The summed E-state index contributed by atoms with van der Waals surface area (Å²) in [5.41, 5.74) is 3.70. The summed E-state index contributed by atoms with van der Waals surface area (Å²) in [5.74, 6) is 0.750. The molecule has 2 aliphatic heterocycles. The molecule has 1 spiro atoms. The third-order valence-corrected chi connectivity index (χ3v) is 6.30. The number of aryl methyl sites for hydroxylation is 1. The molecule has 0 radical (unpaired) electrons. The molecule has 1 saturated heterocycles. The van der Waals surface area contributed by atoms with Crippen molar-refractivity contribution in [3.63, 3.8) is 0 Å². The first-order valence-corrected chi connectivity index (χ1v) is 10.3. The Labute approximate surface area is 175 Å². The van der Waals surface area contributed by atoms with Gasteiger partial charge in [-0.25, -0.2) is 9.37 Å². The van der Waals surface area contributed by atoms with Crippen LogP contribution >= 0.6 is 0 Å². The first kappa shape index (κ1) is 19.0. The molecule has 2 aliphatic rings. The standard InChI is InChI=1S/C24H24FN3O2/c1-17-4-2-3-5-19(17)12-23(29)27-11-10-24(15-27)16-28-21(13-26-22(28)14-30-24)18-6-8-20(25)9-7-18/h2-9,13H,10-12,14-16H2,1H3. The number of hydrogen-bond acceptors (Lipinski definition) is 3. The van der Waals surface area contributed by atoms with Crippen LogP contribution in [0.25, 0.3) is 11.3 Å². The maximum absolute atomic E-state index is 13.3. The number of amides is 1. The van der Waals surface area contributed by atoms with Crippen molar-refractivity contribution in [3.05, 3.63) is 77.5 Å². The van der Waals surface area contributed by atoms with Crippen LogP contribution in [0.5, 0.6) is 0 Å². The number of benzene rings is 2. The van der Waals surface area contributed by atoms with Gasteiger partial charge in [0.15, 0.2) is 0 Å². The van der Waals surface area contributed by atoms with Gasteiger partial charge in [0, 0.05) is 6.54 Å². The SMILES string of the molecule is Cc1ccccc1CC(=O)N1CCC2(C1)Cn1c(-c3ccc(F)cc3)cnc1CO2. The van der Waals surface area contributed by atoms with E-state index in [1.807, 2.05) is 42.3 Å². The summed E-state index contributed by atoms with van der Waals surface area (Å²) in [6.07, 6.45) is 3.04. The number of ether oxygens (including phenoxy) is 1. The summed E-state index contributed by atoms with van der Waals surface area (Å²) in [6, 6.07) is 14.5. The molecule has 1 atom stereocenters. The number of nitrogens with zero attached hydrogens (tertiary/aromatic N) is 3. The predicted molar refractivity (Wildman–Crippen MR) is 111 cm³/mol. The Hall–Kier alpha value is -2.99. The second-order valence-electron chi connectivity index (χ2n) is 8.29. The van der Waals surface area contributed by atoms with E-state index in [0.29, 0.717) is 32.7 Å². The van der Waals surface area contributed by atoms with Crippen LogP contribution in [0.15, 0.2) is 54.7 Å². The number of rotatable bonds is 3. The summed E-state index contributed by atoms with van der Waals surface area (Å²) in [7, 11) is 0. The van der Waals surface area contributed by atoms with Crippen LogP contribution in [0.2, 0.25) is 0 Å². The van der Waals surface area contributed by atoms with Crippen LogP contribution in [0.3, 0.4) is 0 Å². The van der Waals surface area contributed by atoms with Gasteiger partial charge in [0.05, 0.1) is 31.4 Å². The molecule has 0 N–H and O–H groups in total. The van der Waals surface area contributed by atoms with E-state index >= 15 is 0 Å². The van der Waals surface area contributed by atoms with E-state index in [1.165, 1.54) is 12.1 Å². The first-order chi connectivity index (χ1) is 14.5. The highest BCUT2D eigenvalue weighted by molar-refractivity contribution is 5.79. The number of likely N-dealkylation sites (tertiary alicyclic amines) is 1. The zero-order valence-electron chi connectivity index (χ0n) is 17.0. The second-order valence-corrected chi connectivity index (χ2v) is 8.29. The predicted octanol–water partition coefficient (Wildman–Crippen LogP) is 3.74. The quantitative estimate of drug-likeness (QED) is 0.667. The normalized spacial score (nSPS) is 20.5.